The zero-order valence-corrected chi connectivity index (χ0v) is 19.2. The van der Waals surface area contributed by atoms with Crippen molar-refractivity contribution in [2.45, 2.75) is 26.3 Å². The summed E-state index contributed by atoms with van der Waals surface area (Å²) in [7, 11) is 4.81. The van der Waals surface area contributed by atoms with E-state index in [4.69, 9.17) is 14.2 Å². The van der Waals surface area contributed by atoms with Crippen LogP contribution in [0.15, 0.2) is 49.1 Å². The van der Waals surface area contributed by atoms with Crippen LogP contribution in [0.1, 0.15) is 41.4 Å². The van der Waals surface area contributed by atoms with Gasteiger partial charge < -0.3 is 19.5 Å². The highest BCUT2D eigenvalue weighted by molar-refractivity contribution is 5.95. The standard InChI is InChI=1S/C25H34N2O4/c1-7-11-19-14-20(16-23(30-5)24(19)31-6)25(28)26-17-22(27(8-2)9-3)18-12-10-13-21(15-18)29-4/h7,10,12-16,22H,1,8-9,11,17H2,2-6H3,(H,26,28). The third kappa shape index (κ3) is 6.01. The van der Waals surface area contributed by atoms with Crippen LogP contribution in [-0.4, -0.2) is 51.8 Å². The molecule has 0 heterocycles. The highest BCUT2D eigenvalue weighted by Gasteiger charge is 2.21. The smallest absolute Gasteiger partial charge is 0.251 e. The highest BCUT2D eigenvalue weighted by atomic mass is 16.5. The number of amides is 1. The van der Waals surface area contributed by atoms with Gasteiger partial charge in [0.05, 0.1) is 27.4 Å². The van der Waals surface area contributed by atoms with Gasteiger partial charge >= 0.3 is 0 Å². The van der Waals surface area contributed by atoms with Crippen molar-refractivity contribution in [3.63, 3.8) is 0 Å². The Labute approximate surface area is 185 Å². The van der Waals surface area contributed by atoms with Crippen LogP contribution in [0.5, 0.6) is 17.2 Å². The van der Waals surface area contributed by atoms with Gasteiger partial charge in [-0.05, 0) is 49.3 Å². The number of carbonyl (C=O) groups excluding carboxylic acids is 1. The Kier molecular flexibility index (Phi) is 9.40. The molecule has 0 spiro atoms. The Morgan fingerprint density at radius 1 is 1.10 bits per heavy atom. The lowest BCUT2D eigenvalue weighted by Gasteiger charge is -2.30. The number of rotatable bonds is 12. The van der Waals surface area contributed by atoms with Crippen LogP contribution in [0.3, 0.4) is 0 Å². The first-order valence-electron chi connectivity index (χ1n) is 10.5. The Morgan fingerprint density at radius 2 is 1.84 bits per heavy atom. The molecule has 0 aromatic heterocycles. The largest absolute Gasteiger partial charge is 0.497 e. The molecular formula is C25H34N2O4. The van der Waals surface area contributed by atoms with E-state index >= 15 is 0 Å². The van der Waals surface area contributed by atoms with Gasteiger partial charge in [0, 0.05) is 17.7 Å². The van der Waals surface area contributed by atoms with Crippen molar-refractivity contribution < 1.29 is 19.0 Å². The summed E-state index contributed by atoms with van der Waals surface area (Å²) in [5.41, 5.74) is 2.48. The van der Waals surface area contributed by atoms with E-state index in [-0.39, 0.29) is 11.9 Å². The summed E-state index contributed by atoms with van der Waals surface area (Å²) in [5, 5.41) is 3.10. The van der Waals surface area contributed by atoms with Crippen molar-refractivity contribution in [1.29, 1.82) is 0 Å². The molecule has 0 saturated heterocycles. The van der Waals surface area contributed by atoms with Crippen LogP contribution >= 0.6 is 0 Å². The molecule has 1 unspecified atom stereocenters. The first-order valence-corrected chi connectivity index (χ1v) is 10.5. The second-order valence-electron chi connectivity index (χ2n) is 7.09. The molecule has 1 atom stereocenters. The van der Waals surface area contributed by atoms with Gasteiger partial charge in [0.25, 0.3) is 5.91 Å². The summed E-state index contributed by atoms with van der Waals surface area (Å²) in [6.45, 7) is 10.2. The number of nitrogens with zero attached hydrogens (tertiary/aromatic N) is 1. The van der Waals surface area contributed by atoms with Gasteiger partial charge in [0.1, 0.15) is 5.75 Å². The monoisotopic (exact) mass is 426 g/mol. The summed E-state index contributed by atoms with van der Waals surface area (Å²) in [5.74, 6) is 1.79. The van der Waals surface area contributed by atoms with Crippen LogP contribution in [0.4, 0.5) is 0 Å². The molecule has 2 rings (SSSR count). The molecule has 0 aliphatic heterocycles. The lowest BCUT2D eigenvalue weighted by molar-refractivity contribution is 0.0934. The fraction of sp³-hybridized carbons (Fsp3) is 0.400. The zero-order chi connectivity index (χ0) is 22.8. The molecule has 0 saturated carbocycles. The third-order valence-electron chi connectivity index (χ3n) is 5.37. The summed E-state index contributed by atoms with van der Waals surface area (Å²) < 4.78 is 16.3. The summed E-state index contributed by atoms with van der Waals surface area (Å²) in [6, 6.07) is 11.6. The number of likely N-dealkylation sites (N-methyl/N-ethyl adjacent to an activating group) is 1. The van der Waals surface area contributed by atoms with Gasteiger partial charge in [-0.3, -0.25) is 9.69 Å². The third-order valence-corrected chi connectivity index (χ3v) is 5.37. The lowest BCUT2D eigenvalue weighted by atomic mass is 10.0. The normalized spacial score (nSPS) is 11.7. The zero-order valence-electron chi connectivity index (χ0n) is 19.2. The van der Waals surface area contributed by atoms with Crippen LogP contribution < -0.4 is 19.5 Å². The maximum atomic E-state index is 13.1. The van der Waals surface area contributed by atoms with Gasteiger partial charge in [-0.25, -0.2) is 0 Å². The SMILES string of the molecule is C=CCc1cc(C(=O)NCC(c2cccc(OC)c2)N(CC)CC)cc(OC)c1OC. The minimum atomic E-state index is -0.161. The molecule has 31 heavy (non-hydrogen) atoms. The molecule has 6 heteroatoms. The van der Waals surface area contributed by atoms with Crippen molar-refractivity contribution in [3.05, 3.63) is 65.7 Å². The van der Waals surface area contributed by atoms with E-state index in [1.807, 2.05) is 24.3 Å². The van der Waals surface area contributed by atoms with Crippen LogP contribution in [0, 0.1) is 0 Å². The minimum absolute atomic E-state index is 0.0295. The number of ether oxygens (including phenoxy) is 3. The van der Waals surface area contributed by atoms with Crippen molar-refractivity contribution in [2.24, 2.45) is 0 Å². The van der Waals surface area contributed by atoms with Crippen molar-refractivity contribution in [3.8, 4) is 17.2 Å². The van der Waals surface area contributed by atoms with Gasteiger partial charge in [-0.1, -0.05) is 32.1 Å². The van der Waals surface area contributed by atoms with E-state index in [1.54, 1.807) is 33.5 Å². The second-order valence-corrected chi connectivity index (χ2v) is 7.09. The Morgan fingerprint density at radius 3 is 2.42 bits per heavy atom. The average molecular weight is 427 g/mol. The molecule has 2 aromatic rings. The Hall–Kier alpha value is -2.99. The summed E-state index contributed by atoms with van der Waals surface area (Å²) in [6.07, 6.45) is 2.35. The second kappa shape index (κ2) is 12.0. The number of carbonyl (C=O) groups is 1. The maximum Gasteiger partial charge on any atom is 0.251 e. The molecule has 2 aromatic carbocycles. The number of hydrogen-bond donors (Lipinski definition) is 1. The number of benzene rings is 2. The Bertz CT molecular complexity index is 878. The van der Waals surface area contributed by atoms with E-state index in [0.29, 0.717) is 30.0 Å². The van der Waals surface area contributed by atoms with Gasteiger partial charge in [-0.2, -0.15) is 0 Å². The van der Waals surface area contributed by atoms with Gasteiger partial charge in [0.15, 0.2) is 11.5 Å². The lowest BCUT2D eigenvalue weighted by Crippen LogP contribution is -2.38. The summed E-state index contributed by atoms with van der Waals surface area (Å²) in [4.78, 5) is 15.4. The molecule has 168 valence electrons. The number of hydrogen-bond acceptors (Lipinski definition) is 5. The van der Waals surface area contributed by atoms with E-state index in [1.165, 1.54) is 0 Å². The van der Waals surface area contributed by atoms with Crippen molar-refractivity contribution in [1.82, 2.24) is 10.2 Å². The molecule has 0 fully saturated rings. The van der Waals surface area contributed by atoms with E-state index < -0.39 is 0 Å². The molecule has 0 aliphatic carbocycles. The fourth-order valence-corrected chi connectivity index (χ4v) is 3.74. The number of allylic oxidation sites excluding steroid dienone is 1. The van der Waals surface area contributed by atoms with Gasteiger partial charge in [-0.15, -0.1) is 6.58 Å². The molecule has 0 radical (unpaired) electrons. The molecular weight excluding hydrogens is 392 g/mol. The van der Waals surface area contributed by atoms with E-state index in [2.05, 4.69) is 36.7 Å². The van der Waals surface area contributed by atoms with Crippen molar-refractivity contribution in [2.75, 3.05) is 41.0 Å². The van der Waals surface area contributed by atoms with E-state index in [0.717, 1.165) is 30.0 Å². The number of nitrogens with one attached hydrogen (secondary N) is 1. The average Bonchev–Trinajstić information content (AvgIpc) is 2.81. The molecule has 1 amide bonds. The highest BCUT2D eigenvalue weighted by Crippen LogP contribution is 2.33. The van der Waals surface area contributed by atoms with Crippen LogP contribution in [0.25, 0.3) is 0 Å². The predicted molar refractivity (Wildman–Crippen MR) is 124 cm³/mol. The molecule has 0 aliphatic rings. The summed E-state index contributed by atoms with van der Waals surface area (Å²) >= 11 is 0. The van der Waals surface area contributed by atoms with Gasteiger partial charge in [0.2, 0.25) is 0 Å². The maximum absolute atomic E-state index is 13.1. The minimum Gasteiger partial charge on any atom is -0.497 e. The van der Waals surface area contributed by atoms with Crippen LogP contribution in [-0.2, 0) is 6.42 Å². The molecule has 1 N–H and O–H groups in total. The molecule has 6 nitrogen and oxygen atoms in total. The van der Waals surface area contributed by atoms with E-state index in [9.17, 15) is 4.79 Å². The first-order chi connectivity index (χ1) is 15.0. The Balaban J connectivity index is 2.29. The first kappa shape index (κ1) is 24.3. The number of methoxy groups -OCH3 is 3. The fourth-order valence-electron chi connectivity index (χ4n) is 3.74. The van der Waals surface area contributed by atoms with Crippen LogP contribution in [0.2, 0.25) is 0 Å². The predicted octanol–water partition coefficient (Wildman–Crippen LogP) is 4.25. The van der Waals surface area contributed by atoms with Crippen molar-refractivity contribution >= 4 is 5.91 Å². The molecule has 0 bridgehead atoms. The topological polar surface area (TPSA) is 60.0 Å². The quantitative estimate of drug-likeness (QED) is 0.514.